The number of benzene rings is 3. The number of hydrogen-bond donors (Lipinski definition) is 1. The number of amides is 1. The Hall–Kier alpha value is -3.21. The van der Waals surface area contributed by atoms with Crippen molar-refractivity contribution in [3.63, 3.8) is 0 Å². The molecule has 5 nitrogen and oxygen atoms in total. The molecule has 0 atom stereocenters. The van der Waals surface area contributed by atoms with Crippen molar-refractivity contribution in [2.24, 2.45) is 0 Å². The van der Waals surface area contributed by atoms with Gasteiger partial charge in [-0.05, 0) is 41.5 Å². The van der Waals surface area contributed by atoms with Gasteiger partial charge < -0.3 is 5.32 Å². The predicted molar refractivity (Wildman–Crippen MR) is 89.7 cm³/mol. The van der Waals surface area contributed by atoms with Crippen LogP contribution in [0.2, 0.25) is 0 Å². The molecule has 0 saturated heterocycles. The first-order valence-corrected chi connectivity index (χ1v) is 7.10. The zero-order chi connectivity index (χ0) is 16.4. The third-order valence-corrected chi connectivity index (χ3v) is 3.68. The maximum absolute atomic E-state index is 12.4. The van der Waals surface area contributed by atoms with Gasteiger partial charge in [0.1, 0.15) is 0 Å². The average Bonchev–Trinajstić information content (AvgIpc) is 2.56. The molecule has 0 heterocycles. The predicted octanol–water partition coefficient (Wildman–Crippen LogP) is 4.31. The summed E-state index contributed by atoms with van der Waals surface area (Å²) in [5.41, 5.74) is 1.76. The molecule has 1 amide bonds. The monoisotopic (exact) mass is 306 g/mol. The fourth-order valence-corrected chi connectivity index (χ4v) is 2.43. The van der Waals surface area contributed by atoms with E-state index in [4.69, 9.17) is 0 Å². The van der Waals surface area contributed by atoms with Gasteiger partial charge in [-0.2, -0.15) is 0 Å². The van der Waals surface area contributed by atoms with E-state index in [1.807, 2.05) is 36.4 Å². The summed E-state index contributed by atoms with van der Waals surface area (Å²) in [6.45, 7) is 1.73. The van der Waals surface area contributed by atoms with Crippen molar-refractivity contribution in [2.75, 3.05) is 5.32 Å². The molecule has 1 N–H and O–H groups in total. The summed E-state index contributed by atoms with van der Waals surface area (Å²) in [7, 11) is 0. The highest BCUT2D eigenvalue weighted by Gasteiger charge is 2.11. The van der Waals surface area contributed by atoms with Gasteiger partial charge in [0.05, 0.1) is 4.92 Å². The van der Waals surface area contributed by atoms with E-state index in [1.54, 1.807) is 19.1 Å². The standard InChI is InChI=1S/C18H14N2O3/c1-12-10-16(20(22)23)8-9-17(12)19-18(21)15-7-6-13-4-2-3-5-14(13)11-15/h2-11H,1H3,(H,19,21). The van der Waals surface area contributed by atoms with Crippen LogP contribution in [0.3, 0.4) is 0 Å². The first-order valence-electron chi connectivity index (χ1n) is 7.10. The van der Waals surface area contributed by atoms with E-state index in [1.165, 1.54) is 12.1 Å². The van der Waals surface area contributed by atoms with Gasteiger partial charge in [0.15, 0.2) is 0 Å². The summed E-state index contributed by atoms with van der Waals surface area (Å²) >= 11 is 0. The van der Waals surface area contributed by atoms with E-state index in [9.17, 15) is 14.9 Å². The van der Waals surface area contributed by atoms with Crippen molar-refractivity contribution in [1.29, 1.82) is 0 Å². The molecule has 0 aliphatic rings. The first kappa shape index (κ1) is 14.7. The van der Waals surface area contributed by atoms with E-state index in [0.717, 1.165) is 10.8 Å². The van der Waals surface area contributed by atoms with Crippen molar-refractivity contribution in [3.05, 3.63) is 81.9 Å². The Morgan fingerprint density at radius 3 is 2.43 bits per heavy atom. The quantitative estimate of drug-likeness (QED) is 0.579. The molecular weight excluding hydrogens is 292 g/mol. The van der Waals surface area contributed by atoms with E-state index >= 15 is 0 Å². The van der Waals surface area contributed by atoms with Crippen LogP contribution in [0.4, 0.5) is 11.4 Å². The second-order valence-electron chi connectivity index (χ2n) is 5.27. The molecule has 3 aromatic carbocycles. The first-order chi connectivity index (χ1) is 11.0. The lowest BCUT2D eigenvalue weighted by Crippen LogP contribution is -2.12. The van der Waals surface area contributed by atoms with Gasteiger partial charge >= 0.3 is 0 Å². The Balaban J connectivity index is 1.87. The SMILES string of the molecule is Cc1cc([N+](=O)[O-])ccc1NC(=O)c1ccc2ccccc2c1. The molecule has 0 fully saturated rings. The van der Waals surface area contributed by atoms with Crippen LogP contribution in [0.25, 0.3) is 10.8 Å². The van der Waals surface area contributed by atoms with Crippen LogP contribution in [0.5, 0.6) is 0 Å². The minimum absolute atomic E-state index is 0.00574. The highest BCUT2D eigenvalue weighted by atomic mass is 16.6. The smallest absolute Gasteiger partial charge is 0.269 e. The molecule has 23 heavy (non-hydrogen) atoms. The number of carbonyl (C=O) groups is 1. The number of carbonyl (C=O) groups excluding carboxylic acids is 1. The third-order valence-electron chi connectivity index (χ3n) is 3.68. The van der Waals surface area contributed by atoms with E-state index in [0.29, 0.717) is 16.8 Å². The van der Waals surface area contributed by atoms with Gasteiger partial charge in [-0.15, -0.1) is 0 Å². The Morgan fingerprint density at radius 1 is 1.00 bits per heavy atom. The second kappa shape index (κ2) is 5.88. The summed E-state index contributed by atoms with van der Waals surface area (Å²) < 4.78 is 0. The highest BCUT2D eigenvalue weighted by molar-refractivity contribution is 6.06. The molecular formula is C18H14N2O3. The van der Waals surface area contributed by atoms with Gasteiger partial charge in [-0.1, -0.05) is 30.3 Å². The molecule has 0 radical (unpaired) electrons. The number of aryl methyl sites for hydroxylation is 1. The molecule has 0 bridgehead atoms. The van der Waals surface area contributed by atoms with Crippen molar-refractivity contribution in [3.8, 4) is 0 Å². The Bertz CT molecular complexity index is 919. The van der Waals surface area contributed by atoms with Crippen LogP contribution in [0.15, 0.2) is 60.7 Å². The zero-order valence-corrected chi connectivity index (χ0v) is 12.4. The van der Waals surface area contributed by atoms with Crippen molar-refractivity contribution in [1.82, 2.24) is 0 Å². The van der Waals surface area contributed by atoms with Crippen LogP contribution in [-0.4, -0.2) is 10.8 Å². The van der Waals surface area contributed by atoms with Crippen molar-refractivity contribution < 1.29 is 9.72 Å². The Labute approximate surface area is 132 Å². The number of fused-ring (bicyclic) bond motifs is 1. The van der Waals surface area contributed by atoms with Crippen molar-refractivity contribution >= 4 is 28.1 Å². The lowest BCUT2D eigenvalue weighted by molar-refractivity contribution is -0.384. The molecule has 0 spiro atoms. The zero-order valence-electron chi connectivity index (χ0n) is 12.4. The minimum Gasteiger partial charge on any atom is -0.322 e. The lowest BCUT2D eigenvalue weighted by atomic mass is 10.1. The number of hydrogen-bond acceptors (Lipinski definition) is 3. The molecule has 3 aromatic rings. The van der Waals surface area contributed by atoms with Gasteiger partial charge in [-0.3, -0.25) is 14.9 Å². The maximum Gasteiger partial charge on any atom is 0.269 e. The van der Waals surface area contributed by atoms with Crippen LogP contribution in [-0.2, 0) is 0 Å². The normalized spacial score (nSPS) is 10.5. The van der Waals surface area contributed by atoms with Crippen LogP contribution in [0, 0.1) is 17.0 Å². The van der Waals surface area contributed by atoms with Gasteiger partial charge in [0.25, 0.3) is 11.6 Å². The third kappa shape index (κ3) is 3.03. The fourth-order valence-electron chi connectivity index (χ4n) is 2.43. The van der Waals surface area contributed by atoms with Crippen LogP contribution in [0.1, 0.15) is 15.9 Å². The van der Waals surface area contributed by atoms with E-state index in [2.05, 4.69) is 5.32 Å². The van der Waals surface area contributed by atoms with E-state index < -0.39 is 4.92 Å². The number of nitro benzene ring substituents is 1. The molecule has 0 saturated carbocycles. The highest BCUT2D eigenvalue weighted by Crippen LogP contribution is 2.22. The summed E-state index contributed by atoms with van der Waals surface area (Å²) in [4.78, 5) is 22.7. The summed E-state index contributed by atoms with van der Waals surface area (Å²) in [6.07, 6.45) is 0. The molecule has 0 aliphatic carbocycles. The van der Waals surface area contributed by atoms with Gasteiger partial charge in [0, 0.05) is 23.4 Å². The minimum atomic E-state index is -0.456. The number of nitro groups is 1. The maximum atomic E-state index is 12.4. The number of anilines is 1. The lowest BCUT2D eigenvalue weighted by Gasteiger charge is -2.09. The van der Waals surface area contributed by atoms with Gasteiger partial charge in [-0.25, -0.2) is 0 Å². The topological polar surface area (TPSA) is 72.2 Å². The number of non-ortho nitro benzene ring substituents is 1. The number of nitrogens with one attached hydrogen (secondary N) is 1. The summed E-state index contributed by atoms with van der Waals surface area (Å²) in [5.74, 6) is -0.243. The molecule has 0 aliphatic heterocycles. The van der Waals surface area contributed by atoms with E-state index in [-0.39, 0.29) is 11.6 Å². The molecule has 5 heteroatoms. The van der Waals surface area contributed by atoms with Crippen LogP contribution >= 0.6 is 0 Å². The second-order valence-corrected chi connectivity index (χ2v) is 5.27. The van der Waals surface area contributed by atoms with Crippen molar-refractivity contribution in [2.45, 2.75) is 6.92 Å². The Kier molecular flexibility index (Phi) is 3.76. The fraction of sp³-hybridized carbons (Fsp3) is 0.0556. The van der Waals surface area contributed by atoms with Crippen LogP contribution < -0.4 is 5.32 Å². The Morgan fingerprint density at radius 2 is 1.74 bits per heavy atom. The molecule has 3 rings (SSSR count). The largest absolute Gasteiger partial charge is 0.322 e. The molecule has 0 unspecified atom stereocenters. The average molecular weight is 306 g/mol. The molecule has 0 aromatic heterocycles. The summed E-state index contributed by atoms with van der Waals surface area (Å²) in [6, 6.07) is 17.6. The summed E-state index contributed by atoms with van der Waals surface area (Å²) in [5, 5.41) is 15.6. The van der Waals surface area contributed by atoms with Gasteiger partial charge in [0.2, 0.25) is 0 Å². The number of nitrogens with zero attached hydrogens (tertiary/aromatic N) is 1. The number of rotatable bonds is 3. The molecule has 114 valence electrons.